The molecule has 2 aromatic rings. The van der Waals surface area contributed by atoms with Gasteiger partial charge in [-0.25, -0.2) is 4.39 Å². The first kappa shape index (κ1) is 21.0. The summed E-state index contributed by atoms with van der Waals surface area (Å²) in [6, 6.07) is 12.8. The minimum Gasteiger partial charge on any atom is -0.347 e. The third-order valence-electron chi connectivity index (χ3n) is 6.64. The molecule has 1 aliphatic heterocycles. The molecule has 2 atom stereocenters. The number of nitrogens with zero attached hydrogens (tertiary/aromatic N) is 2. The van der Waals surface area contributed by atoms with E-state index in [4.69, 9.17) is 0 Å². The van der Waals surface area contributed by atoms with Crippen molar-refractivity contribution < 1.29 is 9.18 Å². The number of benzene rings is 1. The lowest BCUT2D eigenvalue weighted by molar-refractivity contribution is -0.123. The Morgan fingerprint density at radius 3 is 2.67 bits per heavy atom. The highest BCUT2D eigenvalue weighted by atomic mass is 19.1. The molecule has 4 nitrogen and oxygen atoms in total. The monoisotopic (exact) mass is 409 g/mol. The Morgan fingerprint density at radius 1 is 1.10 bits per heavy atom. The predicted octanol–water partition coefficient (Wildman–Crippen LogP) is 4.87. The number of likely N-dealkylation sites (tertiary alicyclic amines) is 1. The molecule has 2 heterocycles. The maximum absolute atomic E-state index is 14.1. The van der Waals surface area contributed by atoms with Crippen LogP contribution in [0.25, 0.3) is 0 Å². The molecule has 2 fully saturated rings. The summed E-state index contributed by atoms with van der Waals surface area (Å²) < 4.78 is 14.1. The zero-order chi connectivity index (χ0) is 20.8. The van der Waals surface area contributed by atoms with E-state index in [1.54, 1.807) is 12.3 Å². The summed E-state index contributed by atoms with van der Waals surface area (Å²) in [4.78, 5) is 19.7. The number of amides is 1. The summed E-state index contributed by atoms with van der Waals surface area (Å²) in [7, 11) is 0. The van der Waals surface area contributed by atoms with Gasteiger partial charge >= 0.3 is 0 Å². The smallest absolute Gasteiger partial charge is 0.220 e. The van der Waals surface area contributed by atoms with Crippen molar-refractivity contribution in [2.24, 2.45) is 11.8 Å². The van der Waals surface area contributed by atoms with E-state index in [1.807, 2.05) is 30.3 Å². The number of hydrogen-bond acceptors (Lipinski definition) is 3. The Labute approximate surface area is 178 Å². The van der Waals surface area contributed by atoms with Crippen molar-refractivity contribution in [2.75, 3.05) is 13.1 Å². The molecule has 4 rings (SSSR count). The van der Waals surface area contributed by atoms with Gasteiger partial charge in [0, 0.05) is 31.3 Å². The van der Waals surface area contributed by atoms with Crippen LogP contribution in [0, 0.1) is 17.7 Å². The number of hydrogen-bond donors (Lipinski definition) is 1. The number of piperidine rings is 1. The number of halogens is 1. The highest BCUT2D eigenvalue weighted by Gasteiger charge is 2.31. The zero-order valence-electron chi connectivity index (χ0n) is 17.6. The number of pyridine rings is 1. The minimum absolute atomic E-state index is 0.0940. The van der Waals surface area contributed by atoms with Gasteiger partial charge < -0.3 is 5.32 Å². The average molecular weight is 410 g/mol. The van der Waals surface area contributed by atoms with Gasteiger partial charge in [0.05, 0.1) is 11.7 Å². The summed E-state index contributed by atoms with van der Waals surface area (Å²) in [5, 5.41) is 3.32. The van der Waals surface area contributed by atoms with E-state index in [0.29, 0.717) is 18.9 Å². The van der Waals surface area contributed by atoms with Crippen LogP contribution in [0.5, 0.6) is 0 Å². The molecule has 5 heteroatoms. The van der Waals surface area contributed by atoms with Crippen LogP contribution in [0.4, 0.5) is 4.39 Å². The summed E-state index contributed by atoms with van der Waals surface area (Å²) in [5.41, 5.74) is 1.66. The Bertz CT molecular complexity index is 822. The second-order valence-corrected chi connectivity index (χ2v) is 8.88. The maximum atomic E-state index is 14.1. The van der Waals surface area contributed by atoms with Crippen molar-refractivity contribution in [3.05, 3.63) is 65.7 Å². The Kier molecular flexibility index (Phi) is 7.11. The maximum Gasteiger partial charge on any atom is 0.220 e. The zero-order valence-corrected chi connectivity index (χ0v) is 17.6. The van der Waals surface area contributed by atoms with Crippen molar-refractivity contribution in [1.82, 2.24) is 15.2 Å². The fourth-order valence-electron chi connectivity index (χ4n) is 5.08. The first-order valence-corrected chi connectivity index (χ1v) is 11.3. The van der Waals surface area contributed by atoms with Gasteiger partial charge in [0.1, 0.15) is 5.82 Å². The van der Waals surface area contributed by atoms with Crippen LogP contribution in [0.3, 0.4) is 0 Å². The number of carbonyl (C=O) groups excluding carboxylic acids is 1. The van der Waals surface area contributed by atoms with Gasteiger partial charge in [0.25, 0.3) is 0 Å². The Hall–Kier alpha value is -2.27. The molecular weight excluding hydrogens is 377 g/mol. The van der Waals surface area contributed by atoms with Gasteiger partial charge in [-0.15, -0.1) is 0 Å². The largest absolute Gasteiger partial charge is 0.347 e. The number of nitrogens with one attached hydrogen (secondary N) is 1. The van der Waals surface area contributed by atoms with Gasteiger partial charge in [0.2, 0.25) is 5.91 Å². The van der Waals surface area contributed by atoms with Crippen LogP contribution >= 0.6 is 0 Å². The van der Waals surface area contributed by atoms with Gasteiger partial charge in [0.15, 0.2) is 0 Å². The van der Waals surface area contributed by atoms with Gasteiger partial charge in [-0.05, 0) is 62.3 Å². The molecule has 1 amide bonds. The van der Waals surface area contributed by atoms with E-state index in [2.05, 4.69) is 15.2 Å². The van der Waals surface area contributed by atoms with Crippen molar-refractivity contribution in [3.63, 3.8) is 0 Å². The molecule has 0 bridgehead atoms. The van der Waals surface area contributed by atoms with Crippen molar-refractivity contribution >= 4 is 5.91 Å². The van der Waals surface area contributed by atoms with Gasteiger partial charge in [-0.1, -0.05) is 37.1 Å². The molecule has 30 heavy (non-hydrogen) atoms. The lowest BCUT2D eigenvalue weighted by Crippen LogP contribution is -2.43. The molecule has 1 aromatic carbocycles. The second-order valence-electron chi connectivity index (χ2n) is 8.88. The molecule has 2 aliphatic rings. The number of rotatable bonds is 7. The molecule has 1 aromatic heterocycles. The van der Waals surface area contributed by atoms with E-state index in [0.717, 1.165) is 37.2 Å². The highest BCUT2D eigenvalue weighted by Crippen LogP contribution is 2.31. The predicted molar refractivity (Wildman–Crippen MR) is 116 cm³/mol. The summed E-state index contributed by atoms with van der Waals surface area (Å²) in [5.74, 6) is 0.792. The van der Waals surface area contributed by atoms with Crippen molar-refractivity contribution in [3.8, 4) is 0 Å². The summed E-state index contributed by atoms with van der Waals surface area (Å²) >= 11 is 0. The topological polar surface area (TPSA) is 45.2 Å². The van der Waals surface area contributed by atoms with E-state index < -0.39 is 0 Å². The van der Waals surface area contributed by atoms with Crippen LogP contribution < -0.4 is 5.32 Å². The minimum atomic E-state index is -0.147. The lowest BCUT2D eigenvalue weighted by atomic mass is 9.87. The summed E-state index contributed by atoms with van der Waals surface area (Å²) in [6.07, 6.45) is 9.33. The molecule has 0 spiro atoms. The fraction of sp³-hybridized carbons (Fsp3) is 0.520. The quantitative estimate of drug-likeness (QED) is 0.710. The molecule has 160 valence electrons. The van der Waals surface area contributed by atoms with Crippen LogP contribution in [0.15, 0.2) is 48.7 Å². The molecule has 0 radical (unpaired) electrons. The van der Waals surface area contributed by atoms with Crippen LogP contribution in [0.1, 0.15) is 62.2 Å². The van der Waals surface area contributed by atoms with Crippen LogP contribution in [-0.4, -0.2) is 28.9 Å². The Balaban J connectivity index is 1.45. The average Bonchev–Trinajstić information content (AvgIpc) is 3.27. The van der Waals surface area contributed by atoms with Gasteiger partial charge in [-0.2, -0.15) is 0 Å². The van der Waals surface area contributed by atoms with E-state index >= 15 is 0 Å². The van der Waals surface area contributed by atoms with Crippen LogP contribution in [-0.2, 0) is 11.3 Å². The fourth-order valence-corrected chi connectivity index (χ4v) is 5.08. The standard InChI is InChI=1S/C25H32FN3O/c26-22-12-4-3-10-20(22)17-29-15-7-11-21(18-29)25(23-13-5-6-14-27-23)28-24(30)16-19-8-1-2-9-19/h3-6,10,12-14,19,21,25H,1-2,7-9,11,15-18H2,(H,28,30)/t21-,25-/m0/s1. The van der Waals surface area contributed by atoms with Crippen molar-refractivity contribution in [2.45, 2.75) is 57.5 Å². The van der Waals surface area contributed by atoms with E-state index in [-0.39, 0.29) is 23.7 Å². The summed E-state index contributed by atoms with van der Waals surface area (Å²) in [6.45, 7) is 2.39. The van der Waals surface area contributed by atoms with Gasteiger partial charge in [-0.3, -0.25) is 14.7 Å². The molecule has 1 saturated carbocycles. The first-order chi connectivity index (χ1) is 14.7. The molecule has 1 aliphatic carbocycles. The third kappa shape index (κ3) is 5.45. The molecular formula is C25H32FN3O. The number of aromatic nitrogens is 1. The lowest BCUT2D eigenvalue weighted by Gasteiger charge is -2.37. The highest BCUT2D eigenvalue weighted by molar-refractivity contribution is 5.76. The SMILES string of the molecule is O=C(CC1CCCC1)N[C@H](c1ccccn1)[C@H]1CCCN(Cc2ccccc2F)C1. The van der Waals surface area contributed by atoms with Crippen molar-refractivity contribution in [1.29, 1.82) is 0 Å². The first-order valence-electron chi connectivity index (χ1n) is 11.3. The normalized spacial score (nSPS) is 21.4. The third-order valence-corrected chi connectivity index (χ3v) is 6.64. The second kappa shape index (κ2) is 10.2. The molecule has 1 saturated heterocycles. The molecule has 1 N–H and O–H groups in total. The van der Waals surface area contributed by atoms with E-state index in [9.17, 15) is 9.18 Å². The number of carbonyl (C=O) groups is 1. The van der Waals surface area contributed by atoms with Crippen LogP contribution in [0.2, 0.25) is 0 Å². The van der Waals surface area contributed by atoms with E-state index in [1.165, 1.54) is 31.7 Å². The Morgan fingerprint density at radius 2 is 1.90 bits per heavy atom. The molecule has 0 unspecified atom stereocenters.